The number of fused-ring (bicyclic) bond motifs is 1. The molecule has 2 aromatic carbocycles. The Morgan fingerprint density at radius 2 is 1.95 bits per heavy atom. The highest BCUT2D eigenvalue weighted by molar-refractivity contribution is 7.95. The number of ether oxygens (including phenoxy) is 1. The topological polar surface area (TPSA) is 67.2 Å². The molecular weight excluding hydrogens is 274 g/mol. The number of rotatable bonds is 4. The summed E-state index contributed by atoms with van der Waals surface area (Å²) in [4.78, 5) is -0.307. The maximum atomic E-state index is 12.3. The van der Waals surface area contributed by atoms with Crippen molar-refractivity contribution >= 4 is 20.6 Å². The number of hydrogen-bond acceptors (Lipinski definition) is 4. The number of nitrogens with zero attached hydrogens (tertiary/aromatic N) is 1. The second-order valence-corrected chi connectivity index (χ2v) is 5.98. The van der Waals surface area contributed by atoms with Crippen molar-refractivity contribution in [3.8, 4) is 6.07 Å². The summed E-state index contributed by atoms with van der Waals surface area (Å²) in [5, 5.41) is 10.7. The second-order valence-electron chi connectivity index (χ2n) is 4.06. The first-order chi connectivity index (χ1) is 9.59. The van der Waals surface area contributed by atoms with Crippen LogP contribution in [0.25, 0.3) is 10.8 Å². The lowest BCUT2D eigenvalue weighted by atomic mass is 10.1. The molecule has 2 rings (SSSR count). The van der Waals surface area contributed by atoms with Crippen LogP contribution in [0.2, 0.25) is 0 Å². The molecule has 0 amide bonds. The van der Waals surface area contributed by atoms with E-state index in [9.17, 15) is 8.42 Å². The van der Waals surface area contributed by atoms with Gasteiger partial charge in [0.2, 0.25) is 9.84 Å². The Bertz CT molecular complexity index is 801. The van der Waals surface area contributed by atoms with E-state index in [1.54, 1.807) is 25.1 Å². The van der Waals surface area contributed by atoms with Crippen molar-refractivity contribution in [2.45, 2.75) is 11.8 Å². The first kappa shape index (κ1) is 14.1. The number of sulfone groups is 1. The van der Waals surface area contributed by atoms with Crippen molar-refractivity contribution in [3.63, 3.8) is 0 Å². The van der Waals surface area contributed by atoms with Gasteiger partial charge < -0.3 is 4.74 Å². The molecule has 0 radical (unpaired) electrons. The van der Waals surface area contributed by atoms with Crippen LogP contribution >= 0.6 is 0 Å². The van der Waals surface area contributed by atoms with Gasteiger partial charge in [-0.2, -0.15) is 5.26 Å². The van der Waals surface area contributed by atoms with Gasteiger partial charge in [0.15, 0.2) is 4.91 Å². The number of allylic oxidation sites excluding steroid dienone is 1. The average Bonchev–Trinajstić information content (AvgIpc) is 2.47. The van der Waals surface area contributed by atoms with Gasteiger partial charge in [-0.3, -0.25) is 0 Å². The van der Waals surface area contributed by atoms with Gasteiger partial charge in [0, 0.05) is 0 Å². The molecule has 0 spiro atoms. The van der Waals surface area contributed by atoms with Crippen LogP contribution in [0.1, 0.15) is 6.92 Å². The molecule has 0 saturated heterocycles. The van der Waals surface area contributed by atoms with Crippen LogP contribution in [0.5, 0.6) is 0 Å². The fourth-order valence-corrected chi connectivity index (χ4v) is 2.87. The SMILES string of the molecule is CCOC=C(C#N)S(=O)(=O)c1ccc2ccccc2c1. The lowest BCUT2D eigenvalue weighted by Gasteiger charge is -2.05. The molecule has 0 atom stereocenters. The minimum atomic E-state index is -3.84. The van der Waals surface area contributed by atoms with Crippen molar-refractivity contribution in [2.24, 2.45) is 0 Å². The summed E-state index contributed by atoms with van der Waals surface area (Å²) < 4.78 is 29.6. The van der Waals surface area contributed by atoms with Gasteiger partial charge in [-0.25, -0.2) is 8.42 Å². The summed E-state index contributed by atoms with van der Waals surface area (Å²) in [5.74, 6) is 0. The maximum absolute atomic E-state index is 12.3. The Morgan fingerprint density at radius 1 is 1.25 bits per heavy atom. The maximum Gasteiger partial charge on any atom is 0.219 e. The lowest BCUT2D eigenvalue weighted by Crippen LogP contribution is -2.04. The molecule has 0 aliphatic carbocycles. The Morgan fingerprint density at radius 3 is 2.60 bits per heavy atom. The van der Waals surface area contributed by atoms with Crippen molar-refractivity contribution in [2.75, 3.05) is 6.61 Å². The van der Waals surface area contributed by atoms with Crippen molar-refractivity contribution in [1.29, 1.82) is 5.26 Å². The first-order valence-corrected chi connectivity index (χ1v) is 7.53. The van der Waals surface area contributed by atoms with Gasteiger partial charge in [-0.15, -0.1) is 0 Å². The summed E-state index contributed by atoms with van der Waals surface area (Å²) in [6, 6.07) is 13.9. The molecule has 0 bridgehead atoms. The predicted molar refractivity (Wildman–Crippen MR) is 76.5 cm³/mol. The largest absolute Gasteiger partial charge is 0.499 e. The quantitative estimate of drug-likeness (QED) is 0.640. The van der Waals surface area contributed by atoms with Gasteiger partial charge in [-0.05, 0) is 29.8 Å². The van der Waals surface area contributed by atoms with Crippen LogP contribution in [0.15, 0.2) is 58.5 Å². The standard InChI is InChI=1S/C15H13NO3S/c1-2-19-11-15(10-16)20(17,18)14-8-7-12-5-3-4-6-13(12)9-14/h3-9,11H,2H2,1H3. The summed E-state index contributed by atoms with van der Waals surface area (Å²) in [7, 11) is -3.84. The van der Waals surface area contributed by atoms with Crippen molar-refractivity contribution < 1.29 is 13.2 Å². The van der Waals surface area contributed by atoms with Gasteiger partial charge >= 0.3 is 0 Å². The zero-order chi connectivity index (χ0) is 14.6. The molecule has 0 aliphatic rings. The highest BCUT2D eigenvalue weighted by atomic mass is 32.2. The molecule has 2 aromatic rings. The number of nitriles is 1. The Hall–Kier alpha value is -2.32. The molecule has 102 valence electrons. The number of hydrogen-bond donors (Lipinski definition) is 0. The molecule has 0 fully saturated rings. The summed E-state index contributed by atoms with van der Waals surface area (Å²) >= 11 is 0. The van der Waals surface area contributed by atoms with E-state index in [0.717, 1.165) is 17.0 Å². The molecule has 0 saturated carbocycles. The van der Waals surface area contributed by atoms with E-state index in [1.807, 2.05) is 24.3 Å². The Labute approximate surface area is 117 Å². The molecular formula is C15H13NO3S. The van der Waals surface area contributed by atoms with Gasteiger partial charge in [0.05, 0.1) is 11.5 Å². The van der Waals surface area contributed by atoms with Crippen molar-refractivity contribution in [1.82, 2.24) is 0 Å². The predicted octanol–water partition coefficient (Wildman–Crippen LogP) is 3.01. The third kappa shape index (κ3) is 2.65. The third-order valence-electron chi connectivity index (χ3n) is 2.79. The zero-order valence-corrected chi connectivity index (χ0v) is 11.7. The van der Waals surface area contributed by atoms with E-state index in [4.69, 9.17) is 10.00 Å². The first-order valence-electron chi connectivity index (χ1n) is 6.05. The smallest absolute Gasteiger partial charge is 0.219 e. The monoisotopic (exact) mass is 287 g/mol. The Kier molecular flexibility index (Phi) is 4.06. The molecule has 20 heavy (non-hydrogen) atoms. The van der Waals surface area contributed by atoms with Gasteiger partial charge in [-0.1, -0.05) is 30.3 Å². The van der Waals surface area contributed by atoms with Crippen molar-refractivity contribution in [3.05, 3.63) is 53.6 Å². The highest BCUT2D eigenvalue weighted by Gasteiger charge is 2.21. The summed E-state index contributed by atoms with van der Waals surface area (Å²) in [5.41, 5.74) is 0. The molecule has 0 aromatic heterocycles. The summed E-state index contributed by atoms with van der Waals surface area (Å²) in [6.07, 6.45) is 0.991. The van der Waals surface area contributed by atoms with E-state index in [0.29, 0.717) is 6.61 Å². The van der Waals surface area contributed by atoms with Crippen LogP contribution in [0.3, 0.4) is 0 Å². The van der Waals surface area contributed by atoms with E-state index >= 15 is 0 Å². The summed E-state index contributed by atoms with van der Waals surface area (Å²) in [6.45, 7) is 2.02. The lowest BCUT2D eigenvalue weighted by molar-refractivity contribution is 0.268. The van der Waals surface area contributed by atoms with E-state index in [-0.39, 0.29) is 4.90 Å². The average molecular weight is 287 g/mol. The van der Waals surface area contributed by atoms with Crippen LogP contribution < -0.4 is 0 Å². The Balaban J connectivity index is 2.54. The fraction of sp³-hybridized carbons (Fsp3) is 0.133. The molecule has 0 heterocycles. The molecule has 0 aliphatic heterocycles. The molecule has 0 unspecified atom stereocenters. The molecule has 0 N–H and O–H groups in total. The fourth-order valence-electron chi connectivity index (χ4n) is 1.77. The van der Waals surface area contributed by atoms with E-state index in [1.165, 1.54) is 6.07 Å². The second kappa shape index (κ2) is 5.76. The minimum absolute atomic E-state index is 0.0868. The normalized spacial score (nSPS) is 12.1. The highest BCUT2D eigenvalue weighted by Crippen LogP contribution is 2.23. The van der Waals surface area contributed by atoms with Crippen LogP contribution in [-0.2, 0) is 14.6 Å². The van der Waals surface area contributed by atoms with Gasteiger partial charge in [0.25, 0.3) is 0 Å². The minimum Gasteiger partial charge on any atom is -0.499 e. The molecule has 4 nitrogen and oxygen atoms in total. The number of benzene rings is 2. The van der Waals surface area contributed by atoms with Gasteiger partial charge in [0.1, 0.15) is 12.3 Å². The van der Waals surface area contributed by atoms with Crippen LogP contribution in [0, 0.1) is 11.3 Å². The third-order valence-corrected chi connectivity index (χ3v) is 4.43. The van der Waals surface area contributed by atoms with E-state index < -0.39 is 14.7 Å². The van der Waals surface area contributed by atoms with E-state index in [2.05, 4.69) is 0 Å². The molecule has 5 heteroatoms. The zero-order valence-electron chi connectivity index (χ0n) is 10.9. The van der Waals surface area contributed by atoms with Crippen LogP contribution in [0.4, 0.5) is 0 Å². The van der Waals surface area contributed by atoms with Crippen LogP contribution in [-0.4, -0.2) is 15.0 Å².